The van der Waals surface area contributed by atoms with E-state index in [0.29, 0.717) is 6.54 Å². The minimum Gasteiger partial charge on any atom is -0.395 e. The van der Waals surface area contributed by atoms with Crippen molar-refractivity contribution in [1.29, 1.82) is 0 Å². The standard InChI is InChI=1S/C12H17NO.ClH/c1-2-8-13(9-10-14)11-12-6-4-3-5-7-12;/h2-7,14H,1,8-11H2;1H. The molecule has 1 aromatic rings. The molecule has 0 aliphatic heterocycles. The van der Waals surface area contributed by atoms with Crippen molar-refractivity contribution in [2.45, 2.75) is 6.54 Å². The summed E-state index contributed by atoms with van der Waals surface area (Å²) in [4.78, 5) is 2.16. The quantitative estimate of drug-likeness (QED) is 0.753. The van der Waals surface area contributed by atoms with Gasteiger partial charge in [-0.1, -0.05) is 36.4 Å². The largest absolute Gasteiger partial charge is 0.395 e. The predicted molar refractivity (Wildman–Crippen MR) is 66.2 cm³/mol. The van der Waals surface area contributed by atoms with E-state index in [-0.39, 0.29) is 19.0 Å². The molecule has 84 valence electrons. The van der Waals surface area contributed by atoms with Gasteiger partial charge in [-0.3, -0.25) is 4.90 Å². The van der Waals surface area contributed by atoms with Crippen molar-refractivity contribution in [3.05, 3.63) is 48.6 Å². The number of benzene rings is 1. The van der Waals surface area contributed by atoms with Crippen LogP contribution in [0, 0.1) is 0 Å². The van der Waals surface area contributed by atoms with E-state index in [4.69, 9.17) is 5.11 Å². The highest BCUT2D eigenvalue weighted by molar-refractivity contribution is 5.85. The Morgan fingerprint density at radius 1 is 1.27 bits per heavy atom. The number of halogens is 1. The first-order valence-electron chi connectivity index (χ1n) is 4.85. The van der Waals surface area contributed by atoms with Crippen LogP contribution in [0.2, 0.25) is 0 Å². The van der Waals surface area contributed by atoms with Crippen LogP contribution in [0.3, 0.4) is 0 Å². The van der Waals surface area contributed by atoms with E-state index in [0.717, 1.165) is 13.1 Å². The third-order valence-corrected chi connectivity index (χ3v) is 2.05. The topological polar surface area (TPSA) is 23.5 Å². The van der Waals surface area contributed by atoms with Crippen LogP contribution >= 0.6 is 12.4 Å². The van der Waals surface area contributed by atoms with Crippen LogP contribution in [0.4, 0.5) is 0 Å². The van der Waals surface area contributed by atoms with Crippen molar-refractivity contribution < 1.29 is 5.11 Å². The molecule has 0 heterocycles. The Kier molecular flexibility index (Phi) is 8.01. The Morgan fingerprint density at radius 2 is 1.93 bits per heavy atom. The number of aliphatic hydroxyl groups is 1. The number of hydrogen-bond donors (Lipinski definition) is 1. The number of hydrogen-bond acceptors (Lipinski definition) is 2. The van der Waals surface area contributed by atoms with Crippen LogP contribution in [0.5, 0.6) is 0 Å². The zero-order valence-corrected chi connectivity index (χ0v) is 9.62. The summed E-state index contributed by atoms with van der Waals surface area (Å²) >= 11 is 0. The van der Waals surface area contributed by atoms with Crippen molar-refractivity contribution in [3.63, 3.8) is 0 Å². The summed E-state index contributed by atoms with van der Waals surface area (Å²) < 4.78 is 0. The summed E-state index contributed by atoms with van der Waals surface area (Å²) in [5.41, 5.74) is 1.27. The lowest BCUT2D eigenvalue weighted by atomic mass is 10.2. The van der Waals surface area contributed by atoms with Crippen LogP contribution in [-0.4, -0.2) is 29.7 Å². The van der Waals surface area contributed by atoms with Gasteiger partial charge >= 0.3 is 0 Å². The van der Waals surface area contributed by atoms with Crippen LogP contribution in [0.15, 0.2) is 43.0 Å². The predicted octanol–water partition coefficient (Wildman–Crippen LogP) is 2.09. The van der Waals surface area contributed by atoms with Crippen molar-refractivity contribution >= 4 is 12.4 Å². The van der Waals surface area contributed by atoms with Gasteiger partial charge in [-0.25, -0.2) is 0 Å². The molecule has 0 saturated carbocycles. The maximum Gasteiger partial charge on any atom is 0.0558 e. The van der Waals surface area contributed by atoms with Crippen LogP contribution < -0.4 is 0 Å². The van der Waals surface area contributed by atoms with Crippen molar-refractivity contribution in [3.8, 4) is 0 Å². The van der Waals surface area contributed by atoms with E-state index in [1.807, 2.05) is 24.3 Å². The molecule has 0 unspecified atom stereocenters. The first-order valence-corrected chi connectivity index (χ1v) is 4.85. The average Bonchev–Trinajstić information content (AvgIpc) is 2.20. The highest BCUT2D eigenvalue weighted by atomic mass is 35.5. The van der Waals surface area contributed by atoms with Crippen molar-refractivity contribution in [2.24, 2.45) is 0 Å². The van der Waals surface area contributed by atoms with Gasteiger partial charge in [-0.15, -0.1) is 19.0 Å². The molecule has 0 aliphatic rings. The van der Waals surface area contributed by atoms with Crippen molar-refractivity contribution in [1.82, 2.24) is 4.90 Å². The molecule has 0 radical (unpaired) electrons. The molecule has 0 fully saturated rings. The van der Waals surface area contributed by atoms with E-state index in [9.17, 15) is 0 Å². The average molecular weight is 228 g/mol. The monoisotopic (exact) mass is 227 g/mol. The van der Waals surface area contributed by atoms with E-state index in [1.54, 1.807) is 0 Å². The van der Waals surface area contributed by atoms with Crippen molar-refractivity contribution in [2.75, 3.05) is 19.7 Å². The molecule has 1 N–H and O–H groups in total. The van der Waals surface area contributed by atoms with E-state index in [2.05, 4.69) is 23.6 Å². The first kappa shape index (κ1) is 14.2. The molecule has 0 atom stereocenters. The fourth-order valence-corrected chi connectivity index (χ4v) is 1.40. The molecule has 0 amide bonds. The summed E-state index contributed by atoms with van der Waals surface area (Å²) in [7, 11) is 0. The van der Waals surface area contributed by atoms with Gasteiger partial charge in [-0.2, -0.15) is 0 Å². The second-order valence-electron chi connectivity index (χ2n) is 3.23. The summed E-state index contributed by atoms with van der Waals surface area (Å²) in [5, 5.41) is 8.87. The Balaban J connectivity index is 0.00000196. The van der Waals surface area contributed by atoms with Crippen LogP contribution in [-0.2, 0) is 6.54 Å². The summed E-state index contributed by atoms with van der Waals surface area (Å²) in [6.07, 6.45) is 1.86. The minimum absolute atomic E-state index is 0. The second-order valence-corrected chi connectivity index (χ2v) is 3.23. The van der Waals surface area contributed by atoms with Gasteiger partial charge in [0.2, 0.25) is 0 Å². The van der Waals surface area contributed by atoms with Gasteiger partial charge < -0.3 is 5.11 Å². The van der Waals surface area contributed by atoms with Crippen LogP contribution in [0.1, 0.15) is 5.56 Å². The molecule has 0 bridgehead atoms. The van der Waals surface area contributed by atoms with Gasteiger partial charge in [0.1, 0.15) is 0 Å². The van der Waals surface area contributed by atoms with Gasteiger partial charge in [0, 0.05) is 19.6 Å². The lowest BCUT2D eigenvalue weighted by Gasteiger charge is -2.19. The van der Waals surface area contributed by atoms with E-state index < -0.39 is 0 Å². The SMILES string of the molecule is C=CCN(CCO)Cc1ccccc1.Cl. The molecule has 15 heavy (non-hydrogen) atoms. The summed E-state index contributed by atoms with van der Waals surface area (Å²) in [5.74, 6) is 0. The number of nitrogens with zero attached hydrogens (tertiary/aromatic N) is 1. The molecule has 3 heteroatoms. The number of rotatable bonds is 6. The first-order chi connectivity index (χ1) is 6.86. The zero-order chi connectivity index (χ0) is 10.2. The Hall–Kier alpha value is -0.830. The highest BCUT2D eigenvalue weighted by Crippen LogP contribution is 2.03. The minimum atomic E-state index is 0. The lowest BCUT2D eigenvalue weighted by molar-refractivity contribution is 0.203. The Morgan fingerprint density at radius 3 is 2.47 bits per heavy atom. The normalized spacial score (nSPS) is 9.73. The maximum absolute atomic E-state index is 8.87. The molecule has 2 nitrogen and oxygen atoms in total. The van der Waals surface area contributed by atoms with Gasteiger partial charge in [0.05, 0.1) is 6.61 Å². The summed E-state index contributed by atoms with van der Waals surface area (Å²) in [6, 6.07) is 10.2. The fraction of sp³-hybridized carbons (Fsp3) is 0.333. The molecule has 0 aromatic heterocycles. The molecular formula is C12H18ClNO. The van der Waals surface area contributed by atoms with Gasteiger partial charge in [-0.05, 0) is 5.56 Å². The summed E-state index contributed by atoms with van der Waals surface area (Å²) in [6.45, 7) is 6.27. The molecular weight excluding hydrogens is 210 g/mol. The van der Waals surface area contributed by atoms with Gasteiger partial charge in [0.25, 0.3) is 0 Å². The maximum atomic E-state index is 8.87. The molecule has 1 aromatic carbocycles. The number of aliphatic hydroxyl groups excluding tert-OH is 1. The second kappa shape index (κ2) is 8.48. The van der Waals surface area contributed by atoms with E-state index >= 15 is 0 Å². The highest BCUT2D eigenvalue weighted by Gasteiger charge is 2.02. The smallest absolute Gasteiger partial charge is 0.0558 e. The fourth-order valence-electron chi connectivity index (χ4n) is 1.40. The Labute approximate surface area is 97.6 Å². The zero-order valence-electron chi connectivity index (χ0n) is 8.80. The Bertz CT molecular complexity index is 264. The molecule has 0 aliphatic carbocycles. The molecule has 0 saturated heterocycles. The van der Waals surface area contributed by atoms with E-state index in [1.165, 1.54) is 5.56 Å². The van der Waals surface area contributed by atoms with Gasteiger partial charge in [0.15, 0.2) is 0 Å². The lowest BCUT2D eigenvalue weighted by Crippen LogP contribution is -2.26. The van der Waals surface area contributed by atoms with Crippen LogP contribution in [0.25, 0.3) is 0 Å². The third kappa shape index (κ3) is 5.57. The molecule has 1 rings (SSSR count). The molecule has 0 spiro atoms. The third-order valence-electron chi connectivity index (χ3n) is 2.05.